The molecule has 1 aromatic heterocycles. The number of benzene rings is 2. The Morgan fingerprint density at radius 2 is 1.81 bits per heavy atom. The maximum absolute atomic E-state index is 13.5. The molecule has 0 bridgehead atoms. The van der Waals surface area contributed by atoms with Gasteiger partial charge in [-0.2, -0.15) is 4.98 Å². The first-order valence-electron chi connectivity index (χ1n) is 12.2. The molecule has 2 heterocycles. The molecule has 1 aliphatic rings. The minimum absolute atomic E-state index is 0.127. The highest BCUT2D eigenvalue weighted by molar-refractivity contribution is 6.30. The Morgan fingerprint density at radius 1 is 1.14 bits per heavy atom. The average molecular weight is 523 g/mol. The van der Waals surface area contributed by atoms with E-state index in [4.69, 9.17) is 26.8 Å². The van der Waals surface area contributed by atoms with Crippen molar-refractivity contribution >= 4 is 35.2 Å². The predicted molar refractivity (Wildman–Crippen MR) is 144 cm³/mol. The molecule has 3 aromatic rings. The molecular formula is C28H31ClN4O4. The van der Waals surface area contributed by atoms with Crippen LogP contribution < -0.4 is 20.5 Å². The number of nitrogens with two attached hydrogens (primary N) is 1. The van der Waals surface area contributed by atoms with Gasteiger partial charge in [0.05, 0.1) is 5.69 Å². The summed E-state index contributed by atoms with van der Waals surface area (Å²) in [6.07, 6.45) is 1.60. The molecule has 1 atom stereocenters. The van der Waals surface area contributed by atoms with Crippen LogP contribution in [0.3, 0.4) is 0 Å². The summed E-state index contributed by atoms with van der Waals surface area (Å²) in [5.74, 6) is 0.850. The number of amides is 1. The fraction of sp³-hybridized carbons (Fsp3) is 0.357. The summed E-state index contributed by atoms with van der Waals surface area (Å²) in [7, 11) is 0. The van der Waals surface area contributed by atoms with E-state index in [0.29, 0.717) is 41.5 Å². The molecule has 0 saturated carbocycles. The number of hydrogen-bond donors (Lipinski definition) is 2. The highest BCUT2D eigenvalue weighted by Crippen LogP contribution is 2.44. The monoisotopic (exact) mass is 522 g/mol. The number of carbonyl (C=O) groups is 2. The number of ether oxygens (including phenoxy) is 2. The van der Waals surface area contributed by atoms with Gasteiger partial charge in [-0.3, -0.25) is 14.9 Å². The number of hydrogen-bond acceptors (Lipinski definition) is 7. The van der Waals surface area contributed by atoms with Crippen molar-refractivity contribution in [3.05, 3.63) is 57.2 Å². The quantitative estimate of drug-likeness (QED) is 0.335. The minimum atomic E-state index is -1.15. The summed E-state index contributed by atoms with van der Waals surface area (Å²) < 4.78 is 11.8. The van der Waals surface area contributed by atoms with Gasteiger partial charge in [-0.1, -0.05) is 30.7 Å². The second kappa shape index (κ2) is 10.0. The van der Waals surface area contributed by atoms with E-state index in [1.807, 2.05) is 39.8 Å². The molecule has 9 heteroatoms. The van der Waals surface area contributed by atoms with Crippen molar-refractivity contribution < 1.29 is 19.1 Å². The van der Waals surface area contributed by atoms with Crippen molar-refractivity contribution in [3.63, 3.8) is 0 Å². The van der Waals surface area contributed by atoms with Crippen LogP contribution in [-0.4, -0.2) is 27.4 Å². The number of nitrogen functional groups attached to an aromatic ring is 1. The Bertz CT molecular complexity index is 1400. The fourth-order valence-corrected chi connectivity index (χ4v) is 4.82. The van der Waals surface area contributed by atoms with Crippen LogP contribution >= 0.6 is 11.6 Å². The van der Waals surface area contributed by atoms with Crippen LogP contribution in [0.1, 0.15) is 55.1 Å². The summed E-state index contributed by atoms with van der Waals surface area (Å²) in [6, 6.07) is 7.29. The lowest BCUT2D eigenvalue weighted by Gasteiger charge is -2.36. The van der Waals surface area contributed by atoms with Gasteiger partial charge >= 0.3 is 5.97 Å². The first-order chi connectivity index (χ1) is 17.4. The van der Waals surface area contributed by atoms with Gasteiger partial charge in [0.1, 0.15) is 17.3 Å². The minimum Gasteiger partial charge on any atom is -0.477 e. The molecule has 0 radical (unpaired) electrons. The maximum Gasteiger partial charge on any atom is 0.308 e. The summed E-state index contributed by atoms with van der Waals surface area (Å²) in [5, 5.41) is 3.44. The van der Waals surface area contributed by atoms with E-state index in [1.165, 1.54) is 6.92 Å². The molecule has 1 aliphatic heterocycles. The third kappa shape index (κ3) is 4.98. The molecule has 1 unspecified atom stereocenters. The molecule has 37 heavy (non-hydrogen) atoms. The summed E-state index contributed by atoms with van der Waals surface area (Å²) >= 11 is 6.03. The lowest BCUT2D eigenvalue weighted by atomic mass is 9.86. The topological polar surface area (TPSA) is 116 Å². The smallest absolute Gasteiger partial charge is 0.308 e. The van der Waals surface area contributed by atoms with E-state index in [-0.39, 0.29) is 23.6 Å². The number of halogens is 1. The first-order valence-corrected chi connectivity index (χ1v) is 12.6. The number of aromatic nitrogens is 2. The van der Waals surface area contributed by atoms with Crippen LogP contribution in [0.15, 0.2) is 24.3 Å². The van der Waals surface area contributed by atoms with Crippen LogP contribution in [0, 0.1) is 20.8 Å². The molecule has 4 rings (SSSR count). The number of aryl methyl sites for hydroxylation is 1. The normalized spacial score (nSPS) is 16.5. The van der Waals surface area contributed by atoms with Gasteiger partial charge in [-0.25, -0.2) is 4.98 Å². The van der Waals surface area contributed by atoms with Crippen molar-refractivity contribution in [2.75, 3.05) is 11.1 Å². The fourth-order valence-electron chi connectivity index (χ4n) is 4.69. The van der Waals surface area contributed by atoms with Crippen LogP contribution in [0.25, 0.3) is 11.1 Å². The lowest BCUT2D eigenvalue weighted by molar-refractivity contribution is -0.132. The standard InChI is InChI=1S/C28H31ClN4O4/c1-7-21-22(18-8-10-19(29)11-9-18)25(30)32-27(31-21)33-26(35)28(6)13-12-20-16(4)23(36-17(5)34)14(2)15(3)24(20)37-28/h8-11H,7,12-13H2,1-6H3,(H3,30,31,32,33,35). The molecule has 2 aromatic carbocycles. The zero-order chi connectivity index (χ0) is 27.1. The Morgan fingerprint density at radius 3 is 2.43 bits per heavy atom. The Labute approximate surface area is 221 Å². The van der Waals surface area contributed by atoms with Crippen LogP contribution in [0.5, 0.6) is 11.5 Å². The van der Waals surface area contributed by atoms with Gasteiger partial charge in [-0.05, 0) is 74.9 Å². The van der Waals surface area contributed by atoms with Gasteiger partial charge in [0.15, 0.2) is 5.60 Å². The second-order valence-corrected chi connectivity index (χ2v) is 9.94. The van der Waals surface area contributed by atoms with E-state index < -0.39 is 5.60 Å². The van der Waals surface area contributed by atoms with Crippen molar-refractivity contribution in [3.8, 4) is 22.6 Å². The lowest BCUT2D eigenvalue weighted by Crippen LogP contribution is -2.48. The van der Waals surface area contributed by atoms with E-state index in [2.05, 4.69) is 15.3 Å². The molecule has 0 saturated heterocycles. The Hall–Kier alpha value is -3.65. The third-order valence-electron chi connectivity index (χ3n) is 6.92. The largest absolute Gasteiger partial charge is 0.477 e. The van der Waals surface area contributed by atoms with Crippen molar-refractivity contribution in [2.45, 2.75) is 66.4 Å². The second-order valence-electron chi connectivity index (χ2n) is 9.51. The number of nitrogens with zero attached hydrogens (tertiary/aromatic N) is 2. The van der Waals surface area contributed by atoms with Crippen molar-refractivity contribution in [1.29, 1.82) is 0 Å². The summed E-state index contributed by atoms with van der Waals surface area (Å²) in [6.45, 7) is 10.8. The molecule has 0 aliphatic carbocycles. The molecule has 1 amide bonds. The number of anilines is 2. The SMILES string of the molecule is CCc1nc(NC(=O)C2(C)CCc3c(C)c(OC(C)=O)c(C)c(C)c3O2)nc(N)c1-c1ccc(Cl)cc1. The van der Waals surface area contributed by atoms with E-state index >= 15 is 0 Å². The van der Waals surface area contributed by atoms with Gasteiger partial charge in [0.2, 0.25) is 5.95 Å². The van der Waals surface area contributed by atoms with Crippen LogP contribution in [0.4, 0.5) is 11.8 Å². The molecule has 194 valence electrons. The summed E-state index contributed by atoms with van der Waals surface area (Å²) in [4.78, 5) is 34.0. The highest BCUT2D eigenvalue weighted by atomic mass is 35.5. The van der Waals surface area contributed by atoms with Crippen LogP contribution in [-0.2, 0) is 22.4 Å². The summed E-state index contributed by atoms with van der Waals surface area (Å²) in [5.41, 5.74) is 10.9. The van der Waals surface area contributed by atoms with Crippen molar-refractivity contribution in [1.82, 2.24) is 9.97 Å². The third-order valence-corrected chi connectivity index (χ3v) is 7.17. The number of carbonyl (C=O) groups excluding carboxylic acids is 2. The Balaban J connectivity index is 1.63. The molecular weight excluding hydrogens is 492 g/mol. The van der Waals surface area contributed by atoms with Gasteiger partial charge in [0, 0.05) is 29.5 Å². The van der Waals surface area contributed by atoms with E-state index in [0.717, 1.165) is 33.4 Å². The van der Waals surface area contributed by atoms with Crippen LogP contribution in [0.2, 0.25) is 5.02 Å². The maximum atomic E-state index is 13.5. The van der Waals surface area contributed by atoms with E-state index in [1.54, 1.807) is 19.1 Å². The Kier molecular flexibility index (Phi) is 7.15. The molecule has 0 spiro atoms. The van der Waals surface area contributed by atoms with Crippen molar-refractivity contribution in [2.24, 2.45) is 0 Å². The van der Waals surface area contributed by atoms with Gasteiger partial charge < -0.3 is 15.2 Å². The number of rotatable bonds is 5. The van der Waals surface area contributed by atoms with Gasteiger partial charge in [0.25, 0.3) is 5.91 Å². The highest BCUT2D eigenvalue weighted by Gasteiger charge is 2.41. The molecule has 0 fully saturated rings. The zero-order valence-electron chi connectivity index (χ0n) is 21.9. The zero-order valence-corrected chi connectivity index (χ0v) is 22.7. The number of esters is 1. The van der Waals surface area contributed by atoms with Gasteiger partial charge in [-0.15, -0.1) is 0 Å². The predicted octanol–water partition coefficient (Wildman–Crippen LogP) is 5.51. The first kappa shape index (κ1) is 26.4. The molecule has 3 N–H and O–H groups in total. The van der Waals surface area contributed by atoms with E-state index in [9.17, 15) is 9.59 Å². The average Bonchev–Trinajstić information content (AvgIpc) is 2.85. The number of fused-ring (bicyclic) bond motifs is 1. The number of nitrogens with one attached hydrogen (secondary N) is 1. The molecule has 8 nitrogen and oxygen atoms in total.